The van der Waals surface area contributed by atoms with Gasteiger partial charge in [0, 0.05) is 11.6 Å². The number of ether oxygens (including phenoxy) is 1. The second-order valence-corrected chi connectivity index (χ2v) is 6.53. The lowest BCUT2D eigenvalue weighted by molar-refractivity contribution is 0.405. The van der Waals surface area contributed by atoms with Crippen molar-refractivity contribution in [3.63, 3.8) is 0 Å². The third kappa shape index (κ3) is 3.43. The molecule has 0 radical (unpaired) electrons. The van der Waals surface area contributed by atoms with Gasteiger partial charge in [-0.25, -0.2) is 13.1 Å². The Kier molecular flexibility index (Phi) is 4.65. The van der Waals surface area contributed by atoms with Crippen molar-refractivity contribution in [2.45, 2.75) is 24.8 Å². The van der Waals surface area contributed by atoms with Gasteiger partial charge in [-0.05, 0) is 31.5 Å². The molecule has 0 saturated heterocycles. The van der Waals surface area contributed by atoms with Crippen molar-refractivity contribution in [3.8, 4) is 5.75 Å². The number of rotatable bonds is 5. The fraction of sp³-hybridized carbons (Fsp3) is 0.250. The highest BCUT2D eigenvalue weighted by Gasteiger charge is 2.21. The summed E-state index contributed by atoms with van der Waals surface area (Å²) in [6.45, 7) is 3.58. The van der Waals surface area contributed by atoms with Gasteiger partial charge in [0.25, 0.3) is 0 Å². The zero-order valence-electron chi connectivity index (χ0n) is 12.3. The van der Waals surface area contributed by atoms with Gasteiger partial charge in [0.2, 0.25) is 10.0 Å². The largest absolute Gasteiger partial charge is 0.496 e. The van der Waals surface area contributed by atoms with E-state index in [0.717, 1.165) is 11.1 Å². The smallest absolute Gasteiger partial charge is 0.241 e. The van der Waals surface area contributed by atoms with E-state index in [0.29, 0.717) is 10.6 Å². The van der Waals surface area contributed by atoms with Gasteiger partial charge in [-0.15, -0.1) is 0 Å². The first-order chi connectivity index (χ1) is 9.95. The minimum Gasteiger partial charge on any atom is -0.496 e. The summed E-state index contributed by atoms with van der Waals surface area (Å²) in [5.74, 6) is 0.664. The van der Waals surface area contributed by atoms with Gasteiger partial charge in [0.15, 0.2) is 0 Å². The Bertz CT molecular complexity index is 726. The van der Waals surface area contributed by atoms with Crippen molar-refractivity contribution < 1.29 is 13.2 Å². The Morgan fingerprint density at radius 2 is 1.67 bits per heavy atom. The van der Waals surface area contributed by atoms with E-state index in [1.807, 2.05) is 30.3 Å². The molecule has 0 saturated carbocycles. The number of nitrogens with one attached hydrogen (secondary N) is 1. The van der Waals surface area contributed by atoms with E-state index in [1.165, 1.54) is 0 Å². The molecule has 21 heavy (non-hydrogen) atoms. The first kappa shape index (κ1) is 15.5. The summed E-state index contributed by atoms with van der Waals surface area (Å²) >= 11 is 0. The highest BCUT2D eigenvalue weighted by Crippen LogP contribution is 2.26. The standard InChI is InChI=1S/C16H19NO3S/c1-12-8-4-7-11-16(12)21(18,19)17-13(2)14-9-5-6-10-15(14)20-3/h4-11,13,17H,1-3H3/t13-/m0/s1. The lowest BCUT2D eigenvalue weighted by Gasteiger charge is -2.18. The van der Waals surface area contributed by atoms with Crippen molar-refractivity contribution in [2.24, 2.45) is 0 Å². The molecule has 2 rings (SSSR count). The van der Waals surface area contributed by atoms with Gasteiger partial charge in [-0.1, -0.05) is 36.4 Å². The SMILES string of the molecule is COc1ccccc1[C@H](C)NS(=O)(=O)c1ccccc1C. The summed E-state index contributed by atoms with van der Waals surface area (Å²) in [4.78, 5) is 0.298. The molecule has 1 N–H and O–H groups in total. The van der Waals surface area contributed by atoms with Crippen LogP contribution in [0.2, 0.25) is 0 Å². The molecule has 0 aliphatic carbocycles. The highest BCUT2D eigenvalue weighted by atomic mass is 32.2. The van der Waals surface area contributed by atoms with Crippen LogP contribution in [0, 0.1) is 6.92 Å². The molecule has 2 aromatic carbocycles. The van der Waals surface area contributed by atoms with Crippen LogP contribution in [0.25, 0.3) is 0 Å². The molecular formula is C16H19NO3S. The molecule has 1 atom stereocenters. The summed E-state index contributed by atoms with van der Waals surface area (Å²) in [5, 5.41) is 0. The molecule has 0 aromatic heterocycles. The predicted molar refractivity (Wildman–Crippen MR) is 82.9 cm³/mol. The van der Waals surface area contributed by atoms with Gasteiger partial charge in [0.05, 0.1) is 12.0 Å². The Balaban J connectivity index is 2.31. The van der Waals surface area contributed by atoms with Gasteiger partial charge >= 0.3 is 0 Å². The van der Waals surface area contributed by atoms with Crippen LogP contribution in [0.5, 0.6) is 5.75 Å². The van der Waals surface area contributed by atoms with Crippen molar-refractivity contribution in [3.05, 3.63) is 59.7 Å². The molecule has 0 aliphatic rings. The lowest BCUT2D eigenvalue weighted by Crippen LogP contribution is -2.27. The Hall–Kier alpha value is -1.85. The molecule has 0 amide bonds. The van der Waals surface area contributed by atoms with Crippen molar-refractivity contribution in [1.82, 2.24) is 4.72 Å². The molecule has 0 aliphatic heterocycles. The fourth-order valence-electron chi connectivity index (χ4n) is 2.24. The number of benzene rings is 2. The molecule has 2 aromatic rings. The molecule has 5 heteroatoms. The summed E-state index contributed by atoms with van der Waals surface area (Å²) in [5.41, 5.74) is 1.52. The molecule has 0 unspecified atom stereocenters. The van der Waals surface area contributed by atoms with Crippen LogP contribution < -0.4 is 9.46 Å². The van der Waals surface area contributed by atoms with Gasteiger partial charge in [-0.3, -0.25) is 0 Å². The number of aryl methyl sites for hydroxylation is 1. The second kappa shape index (κ2) is 6.28. The maximum atomic E-state index is 12.5. The lowest BCUT2D eigenvalue weighted by atomic mass is 10.1. The van der Waals surface area contributed by atoms with E-state index < -0.39 is 10.0 Å². The van der Waals surface area contributed by atoms with Crippen LogP contribution in [-0.2, 0) is 10.0 Å². The van der Waals surface area contributed by atoms with E-state index in [1.54, 1.807) is 39.2 Å². The number of hydrogen-bond donors (Lipinski definition) is 1. The fourth-order valence-corrected chi connectivity index (χ4v) is 3.71. The Morgan fingerprint density at radius 1 is 1.05 bits per heavy atom. The third-order valence-electron chi connectivity index (χ3n) is 3.32. The van der Waals surface area contributed by atoms with Crippen LogP contribution >= 0.6 is 0 Å². The van der Waals surface area contributed by atoms with Gasteiger partial charge < -0.3 is 4.74 Å². The zero-order chi connectivity index (χ0) is 15.5. The van der Waals surface area contributed by atoms with Crippen LogP contribution in [0.1, 0.15) is 24.1 Å². The van der Waals surface area contributed by atoms with E-state index in [4.69, 9.17) is 4.74 Å². The first-order valence-electron chi connectivity index (χ1n) is 6.66. The highest BCUT2D eigenvalue weighted by molar-refractivity contribution is 7.89. The van der Waals surface area contributed by atoms with E-state index in [9.17, 15) is 8.42 Å². The topological polar surface area (TPSA) is 55.4 Å². The number of para-hydroxylation sites is 1. The molecule has 112 valence electrons. The molecule has 0 fully saturated rings. The Labute approximate surface area is 125 Å². The van der Waals surface area contributed by atoms with Gasteiger partial charge in [0.1, 0.15) is 5.75 Å². The predicted octanol–water partition coefficient (Wildman–Crippen LogP) is 3.04. The zero-order valence-corrected chi connectivity index (χ0v) is 13.1. The maximum absolute atomic E-state index is 12.5. The maximum Gasteiger partial charge on any atom is 0.241 e. The monoisotopic (exact) mass is 305 g/mol. The summed E-state index contributed by atoms with van der Waals surface area (Å²) in [7, 11) is -2.00. The van der Waals surface area contributed by atoms with Gasteiger partial charge in [-0.2, -0.15) is 0 Å². The normalized spacial score (nSPS) is 12.9. The molecule has 0 heterocycles. The number of hydrogen-bond acceptors (Lipinski definition) is 3. The number of sulfonamides is 1. The van der Waals surface area contributed by atoms with Crippen LogP contribution in [0.15, 0.2) is 53.4 Å². The molecular weight excluding hydrogens is 286 g/mol. The molecule has 4 nitrogen and oxygen atoms in total. The van der Waals surface area contributed by atoms with Crippen LogP contribution in [0.4, 0.5) is 0 Å². The average molecular weight is 305 g/mol. The van der Waals surface area contributed by atoms with Crippen molar-refractivity contribution >= 4 is 10.0 Å². The van der Waals surface area contributed by atoms with E-state index in [-0.39, 0.29) is 6.04 Å². The van der Waals surface area contributed by atoms with E-state index in [2.05, 4.69) is 4.72 Å². The van der Waals surface area contributed by atoms with E-state index >= 15 is 0 Å². The summed E-state index contributed by atoms with van der Waals surface area (Å²) in [6.07, 6.45) is 0. The summed E-state index contributed by atoms with van der Waals surface area (Å²) in [6, 6.07) is 13.9. The second-order valence-electron chi connectivity index (χ2n) is 4.85. The van der Waals surface area contributed by atoms with Crippen LogP contribution in [-0.4, -0.2) is 15.5 Å². The summed E-state index contributed by atoms with van der Waals surface area (Å²) < 4.78 is 32.9. The molecule has 0 bridgehead atoms. The minimum atomic E-state index is -3.57. The third-order valence-corrected chi connectivity index (χ3v) is 5.02. The Morgan fingerprint density at radius 3 is 2.33 bits per heavy atom. The minimum absolute atomic E-state index is 0.298. The van der Waals surface area contributed by atoms with Crippen molar-refractivity contribution in [1.29, 1.82) is 0 Å². The quantitative estimate of drug-likeness (QED) is 0.923. The average Bonchev–Trinajstić information content (AvgIpc) is 2.47. The molecule has 0 spiro atoms. The first-order valence-corrected chi connectivity index (χ1v) is 8.15. The van der Waals surface area contributed by atoms with Crippen LogP contribution in [0.3, 0.4) is 0 Å². The van der Waals surface area contributed by atoms with Crippen molar-refractivity contribution in [2.75, 3.05) is 7.11 Å². The number of methoxy groups -OCH3 is 1.